The lowest BCUT2D eigenvalue weighted by atomic mass is 9.73. The van der Waals surface area contributed by atoms with Gasteiger partial charge in [-0.05, 0) is 288 Å². The molecule has 4 aliphatic carbocycles. The summed E-state index contributed by atoms with van der Waals surface area (Å²) in [7, 11) is 0. The van der Waals surface area contributed by atoms with E-state index >= 15 is 0 Å². The summed E-state index contributed by atoms with van der Waals surface area (Å²) in [6.45, 7) is 32.8. The van der Waals surface area contributed by atoms with E-state index in [0.29, 0.717) is 83.8 Å². The zero-order valence-corrected chi connectivity index (χ0v) is 83.0. The van der Waals surface area contributed by atoms with Gasteiger partial charge in [0.05, 0.1) is 35.8 Å². The number of aliphatic imine (C=N–C) groups is 4. The quantitative estimate of drug-likeness (QED) is 0.0296. The van der Waals surface area contributed by atoms with E-state index in [1.165, 1.54) is 140 Å². The number of carboxylic acid groups (broad SMARTS) is 1. The van der Waals surface area contributed by atoms with Crippen molar-refractivity contribution in [3.8, 4) is 61.8 Å². The van der Waals surface area contributed by atoms with Crippen LogP contribution in [0, 0.1) is 57.2 Å². The molecule has 20 nitrogen and oxygen atoms in total. The number of carboxylic acids is 1. The number of fused-ring (bicyclic) bond motifs is 8. The van der Waals surface area contributed by atoms with Crippen molar-refractivity contribution in [2.45, 2.75) is 241 Å². The van der Waals surface area contributed by atoms with Crippen LogP contribution < -0.4 is 35.5 Å². The van der Waals surface area contributed by atoms with E-state index in [-0.39, 0.29) is 58.9 Å². The van der Waals surface area contributed by atoms with Gasteiger partial charge in [0.25, 0.3) is 0 Å². The molecule has 0 aromatic heterocycles. The van der Waals surface area contributed by atoms with Gasteiger partial charge in [0.2, 0.25) is 11.8 Å². The molecule has 8 aliphatic heterocycles. The number of esters is 1. The topological polar surface area (TPSA) is 254 Å². The average molecular weight is 1860 g/mol. The first-order valence-corrected chi connectivity index (χ1v) is 50.7. The van der Waals surface area contributed by atoms with E-state index in [1.54, 1.807) is 97.8 Å². The maximum absolute atomic E-state index is 14.5. The third-order valence-electron chi connectivity index (χ3n) is 31.5. The third-order valence-corrected chi connectivity index (χ3v) is 31.5. The number of allylic oxidation sites excluding steroid dienone is 2. The van der Waals surface area contributed by atoms with Gasteiger partial charge in [0, 0.05) is 99.2 Å². The first-order valence-electron chi connectivity index (χ1n) is 50.7. The Morgan fingerprint density at radius 2 is 0.806 bits per heavy atom. The summed E-state index contributed by atoms with van der Waals surface area (Å²) in [5, 5.41) is 22.2. The molecule has 9 aromatic carbocycles. The Balaban J connectivity index is 0.000000165. The van der Waals surface area contributed by atoms with Crippen LogP contribution in [0.15, 0.2) is 233 Å². The third kappa shape index (κ3) is 20.5. The largest absolute Gasteiger partial charge is 0.481 e. The summed E-state index contributed by atoms with van der Waals surface area (Å²) in [4.78, 5) is 101. The Kier molecular flexibility index (Phi) is 26.7. The smallest absolute Gasteiger partial charge is 0.413 e. The predicted molar refractivity (Wildman–Crippen MR) is 554 cm³/mol. The number of carbonyl (C=O) groups excluding carboxylic acids is 5. The lowest BCUT2D eigenvalue weighted by molar-refractivity contribution is -0.148. The lowest BCUT2D eigenvalue weighted by Gasteiger charge is -2.31. The Morgan fingerprint density at radius 1 is 0.417 bits per heavy atom. The van der Waals surface area contributed by atoms with Gasteiger partial charge in [-0.15, -0.1) is 0 Å². The minimum Gasteiger partial charge on any atom is -0.481 e. The molecule has 9 aromatic rings. The minimum atomic E-state index is -0.968. The molecule has 4 saturated heterocycles. The molecule has 0 bridgehead atoms. The van der Waals surface area contributed by atoms with Gasteiger partial charge in [-0.3, -0.25) is 39.1 Å². The molecule has 5 N–H and O–H groups in total. The maximum Gasteiger partial charge on any atom is 0.413 e. The standard InChI is InChI=1S/C65H72N6O6.C41H46N4.C13H16O4/c1-38(2)58(68-62(74)76-46-15-11-9-12-16-46)60(72)70-36-64(5,6)33-55(70)53-32-45(35-66-53)40-19-21-41(22-20-40)49-27-26-48(51-30-43-23-25-50(43)57(49)51)42-24-28-52-44(29-42)31-54(67-52)56-34-65(7,8)37-71(56)61(73)59(39(3)4)69-63(75)77-47-17-13-10-14-18-47;1-40(2)19-37(43-22-40)35-18-29(21-42-35)24-5-7-25(8-6-24)31-13-12-30(33-16-27-9-11-32(27)39(31)33)26-10-14-34-28(15-26)17-36(45-34)38-20-41(3,4)23-44-38;1-9(2)11(13(15)16)8-12(14)17-10-6-4-3-5-7-10/h9-22,24,26-29,35,38-39,43,50,55-56,58-59H,23,25,30-34,36-37H2,1-8H3,(H,68,74)(H,69,75);5-8,10,12-15,21,27,32,37-38,43-44H,9,11,16-20,22-23H2,1-4H3;3-7,9,11H,8H2,1-2H3,(H,15,16)/t43?,50?,55-,56-,58-,59-;27?,32?,37-,38-;11-/m000/s1. The second kappa shape index (κ2) is 38.9. The number of rotatable bonds is 23. The molecule has 11 atom stereocenters. The Morgan fingerprint density at radius 3 is 1.22 bits per heavy atom. The molecule has 8 heterocycles. The zero-order valence-electron chi connectivity index (χ0n) is 83.0. The van der Waals surface area contributed by atoms with Crippen molar-refractivity contribution in [3.05, 3.63) is 257 Å². The van der Waals surface area contributed by atoms with Gasteiger partial charge < -0.3 is 50.4 Å². The van der Waals surface area contributed by atoms with Crippen molar-refractivity contribution in [3.63, 3.8) is 0 Å². The number of likely N-dealkylation sites (tertiary alicyclic amines) is 2. The van der Waals surface area contributed by atoms with E-state index < -0.39 is 42.1 Å². The number of para-hydroxylation sites is 3. The number of aliphatic carboxylic acids is 1. The number of benzene rings is 9. The number of hydrogen-bond acceptors (Lipinski definition) is 15. The Bertz CT molecular complexity index is 6440. The molecular formula is C119H134N10O10. The maximum atomic E-state index is 14.5. The Hall–Kier alpha value is -12.5. The number of nitrogens with zero attached hydrogens (tertiary/aromatic N) is 6. The number of ether oxygens (including phenoxy) is 3. The van der Waals surface area contributed by atoms with Crippen LogP contribution >= 0.6 is 0 Å². The van der Waals surface area contributed by atoms with Crippen LogP contribution in [0.3, 0.4) is 0 Å². The fourth-order valence-electron chi connectivity index (χ4n) is 23.7. The van der Waals surface area contributed by atoms with E-state index in [4.69, 9.17) is 39.3 Å². The van der Waals surface area contributed by atoms with Crippen molar-refractivity contribution in [2.24, 2.45) is 77.1 Å². The number of nitrogens with one attached hydrogen (secondary N) is 4. The molecule has 12 aliphatic rings. The van der Waals surface area contributed by atoms with Crippen LogP contribution in [-0.2, 0) is 44.9 Å². The van der Waals surface area contributed by atoms with Gasteiger partial charge in [0.1, 0.15) is 29.3 Å². The van der Waals surface area contributed by atoms with Crippen LogP contribution in [0.25, 0.3) is 55.7 Å². The molecular weight excluding hydrogens is 1730 g/mol. The van der Waals surface area contributed by atoms with Crippen LogP contribution in [0.5, 0.6) is 17.2 Å². The number of hydrogen-bond donors (Lipinski definition) is 5. The molecule has 6 fully saturated rings. The highest BCUT2D eigenvalue weighted by Gasteiger charge is 2.50. The molecule has 4 unspecified atom stereocenters. The zero-order chi connectivity index (χ0) is 97.3. The summed E-state index contributed by atoms with van der Waals surface area (Å²) >= 11 is 0. The van der Waals surface area contributed by atoms with Crippen LogP contribution in [0.2, 0.25) is 0 Å². The van der Waals surface area contributed by atoms with Crippen molar-refractivity contribution in [1.29, 1.82) is 0 Å². The van der Waals surface area contributed by atoms with E-state index in [9.17, 15) is 28.8 Å². The monoisotopic (exact) mass is 1860 g/mol. The van der Waals surface area contributed by atoms with Crippen molar-refractivity contribution < 1.29 is 48.1 Å². The van der Waals surface area contributed by atoms with Gasteiger partial charge in [-0.2, -0.15) is 0 Å². The fraction of sp³-hybridized carbons (Fsp3) is 0.429. The van der Waals surface area contributed by atoms with Crippen molar-refractivity contribution in [2.75, 3.05) is 26.2 Å². The SMILES string of the molecule is CC(C)[C@H](CC(=O)Oc1ccccc1)C(=O)O.CC(C)[C@H](NC(=O)Oc1ccccc1)C(=O)N1CC(C)(C)C[C@H]1C1=NC=C(c2ccc(-c3ccc(-c4ccc5c(c4)CC([C@@H]4CC(C)(C)CN4C(=O)[C@@H](NC(=O)Oc4ccccc4)C(C)C)=N5)c4c3C3CCC3C4)cc2)C1.CC1(C)CN[C@H](C2=NC=C(c3ccc(-c4ccc(-c5ccc6c(c5)CC([C@@H]5CC(C)(C)CN5)=N6)c5c4C4CCC4C5)cc3)C2)C1. The Labute approximate surface area is 819 Å². The fourth-order valence-corrected chi connectivity index (χ4v) is 23.7. The van der Waals surface area contributed by atoms with Crippen LogP contribution in [-0.4, -0.2) is 136 Å². The second-order valence-corrected chi connectivity index (χ2v) is 45.3. The minimum absolute atomic E-state index is 0.101. The average Bonchev–Trinajstić information content (AvgIpc) is 1.58. The molecule has 0 spiro atoms. The highest BCUT2D eigenvalue weighted by molar-refractivity contribution is 6.06. The van der Waals surface area contributed by atoms with E-state index in [1.807, 2.05) is 61.9 Å². The summed E-state index contributed by atoms with van der Waals surface area (Å²) in [6, 6.07) is 67.0. The van der Waals surface area contributed by atoms with Crippen molar-refractivity contribution >= 4 is 81.3 Å². The molecule has 2 saturated carbocycles. The van der Waals surface area contributed by atoms with Gasteiger partial charge in [-0.1, -0.05) is 236 Å². The molecule has 20 heteroatoms. The summed E-state index contributed by atoms with van der Waals surface area (Å²) < 4.78 is 16.1. The van der Waals surface area contributed by atoms with Gasteiger partial charge in [-0.25, -0.2) is 9.59 Å². The normalized spacial score (nSPS) is 23.1. The number of amides is 4. The second-order valence-electron chi connectivity index (χ2n) is 45.3. The van der Waals surface area contributed by atoms with E-state index in [2.05, 4.69) is 192 Å². The molecule has 139 heavy (non-hydrogen) atoms. The lowest BCUT2D eigenvalue weighted by Crippen LogP contribution is -2.54. The van der Waals surface area contributed by atoms with Gasteiger partial charge >= 0.3 is 24.1 Å². The molecule has 0 radical (unpaired) electrons. The van der Waals surface area contributed by atoms with Crippen LogP contribution in [0.1, 0.15) is 224 Å². The number of carbonyl (C=O) groups is 6. The molecule has 21 rings (SSSR count). The van der Waals surface area contributed by atoms with E-state index in [0.717, 1.165) is 79.4 Å². The highest BCUT2D eigenvalue weighted by Crippen LogP contribution is 2.59. The predicted octanol–water partition coefficient (Wildman–Crippen LogP) is 23.8. The van der Waals surface area contributed by atoms with Gasteiger partial charge in [0.15, 0.2) is 0 Å². The van der Waals surface area contributed by atoms with Crippen molar-refractivity contribution in [1.82, 2.24) is 31.1 Å². The summed E-state index contributed by atoms with van der Waals surface area (Å²) in [6.07, 6.45) is 17.3. The first kappa shape index (κ1) is 95.4. The summed E-state index contributed by atoms with van der Waals surface area (Å²) in [5.74, 6) is 1.20. The molecule has 720 valence electrons. The highest BCUT2D eigenvalue weighted by atomic mass is 16.6. The first-order chi connectivity index (χ1) is 66.6. The molecule has 4 amide bonds. The summed E-state index contributed by atoms with van der Waals surface area (Å²) in [5.41, 5.74) is 31.5. The van der Waals surface area contributed by atoms with Crippen LogP contribution in [0.4, 0.5) is 21.0 Å².